The highest BCUT2D eigenvalue weighted by molar-refractivity contribution is 5.55. The van der Waals surface area contributed by atoms with Gasteiger partial charge in [-0.2, -0.15) is 5.11 Å². The summed E-state index contributed by atoms with van der Waals surface area (Å²) in [6.07, 6.45) is 8.99. The number of aliphatic imine (C=N–C) groups is 1. The van der Waals surface area contributed by atoms with E-state index in [1.165, 1.54) is 0 Å². The Labute approximate surface area is 47.2 Å². The van der Waals surface area contributed by atoms with Gasteiger partial charge in [-0.05, 0) is 12.2 Å². The molecule has 0 aromatic rings. The van der Waals surface area contributed by atoms with Crippen molar-refractivity contribution in [2.24, 2.45) is 15.2 Å². The molecule has 1 heterocycles. The Hall–Kier alpha value is -1.25. The Balaban J connectivity index is 2.67. The zero-order valence-electron chi connectivity index (χ0n) is 4.15. The number of nitrogens with zero attached hydrogens (tertiary/aromatic N) is 3. The number of allylic oxidation sites excluding steroid dienone is 2. The van der Waals surface area contributed by atoms with Gasteiger partial charge in [-0.1, -0.05) is 0 Å². The van der Waals surface area contributed by atoms with Crippen LogP contribution in [0.5, 0.6) is 0 Å². The molecule has 0 atom stereocenters. The molecule has 1 aliphatic rings. The van der Waals surface area contributed by atoms with Crippen LogP contribution < -0.4 is 0 Å². The van der Waals surface area contributed by atoms with Gasteiger partial charge in [0.2, 0.25) is 6.34 Å². The first-order valence-electron chi connectivity index (χ1n) is 2.16. The van der Waals surface area contributed by atoms with Crippen molar-refractivity contribution in [2.45, 2.75) is 0 Å². The molecule has 0 aliphatic carbocycles. The summed E-state index contributed by atoms with van der Waals surface area (Å²) in [5, 5.41) is 6.92. The molecule has 0 aromatic carbocycles. The van der Waals surface area contributed by atoms with Gasteiger partial charge in [-0.3, -0.25) is 0 Å². The van der Waals surface area contributed by atoms with Crippen molar-refractivity contribution < 1.29 is 0 Å². The van der Waals surface area contributed by atoms with Gasteiger partial charge >= 0.3 is 0 Å². The predicted molar refractivity (Wildman–Crippen MR) is 30.6 cm³/mol. The van der Waals surface area contributed by atoms with Crippen molar-refractivity contribution in [2.75, 3.05) is 0 Å². The van der Waals surface area contributed by atoms with Crippen LogP contribution in [0.2, 0.25) is 0 Å². The Morgan fingerprint density at radius 2 is 2.00 bits per heavy atom. The van der Waals surface area contributed by atoms with E-state index in [0.29, 0.717) is 0 Å². The van der Waals surface area contributed by atoms with E-state index in [9.17, 15) is 0 Å². The third-order valence-corrected chi connectivity index (χ3v) is 0.585. The minimum Gasteiger partial charge on any atom is -0.232 e. The lowest BCUT2D eigenvalue weighted by Crippen LogP contribution is -1.62. The molecule has 0 spiro atoms. The molecule has 3 nitrogen and oxygen atoms in total. The van der Waals surface area contributed by atoms with E-state index in [1.807, 2.05) is 0 Å². The quantitative estimate of drug-likeness (QED) is 0.447. The summed E-state index contributed by atoms with van der Waals surface area (Å²) >= 11 is 0. The maximum atomic E-state index is 3.59. The molecular weight excluding hydrogens is 102 g/mol. The molecule has 1 aliphatic heterocycles. The number of hydrogen-bond acceptors (Lipinski definition) is 3. The van der Waals surface area contributed by atoms with E-state index in [4.69, 9.17) is 0 Å². The van der Waals surface area contributed by atoms with E-state index in [2.05, 4.69) is 21.6 Å². The summed E-state index contributed by atoms with van der Waals surface area (Å²) < 4.78 is 0. The second-order valence-electron chi connectivity index (χ2n) is 1.13. The minimum absolute atomic E-state index is 1.57. The molecule has 1 rings (SSSR count). The molecule has 8 heavy (non-hydrogen) atoms. The maximum absolute atomic E-state index is 3.59. The van der Waals surface area contributed by atoms with Crippen LogP contribution in [0.3, 0.4) is 0 Å². The van der Waals surface area contributed by atoms with Gasteiger partial charge in [0.25, 0.3) is 0 Å². The summed E-state index contributed by atoms with van der Waals surface area (Å²) in [5.41, 5.74) is 0. The molecule has 0 fully saturated rings. The van der Waals surface area contributed by atoms with Gasteiger partial charge in [-0.25, -0.2) is 4.99 Å². The van der Waals surface area contributed by atoms with Crippen LogP contribution in [0.25, 0.3) is 0 Å². The topological polar surface area (TPSA) is 37.1 Å². The van der Waals surface area contributed by atoms with Crippen molar-refractivity contribution in [3.63, 3.8) is 0 Å². The average molecular weight is 106 g/mol. The summed E-state index contributed by atoms with van der Waals surface area (Å²) in [6.45, 7) is 0. The summed E-state index contributed by atoms with van der Waals surface area (Å²) in [7, 11) is 0. The van der Waals surface area contributed by atoms with Gasteiger partial charge in [0.15, 0.2) is 0 Å². The monoisotopic (exact) mass is 106 g/mol. The first kappa shape index (κ1) is 4.90. The Bertz CT molecular complexity index is 109. The average Bonchev–Trinajstić information content (AvgIpc) is 1.62. The Morgan fingerprint density at radius 1 is 1.12 bits per heavy atom. The van der Waals surface area contributed by atoms with Crippen molar-refractivity contribution in [3.05, 3.63) is 24.6 Å². The maximum Gasteiger partial charge on any atom is 0.221 e. The molecular formula is C5H4N3. The molecule has 3 heteroatoms. The smallest absolute Gasteiger partial charge is 0.221 e. The third-order valence-electron chi connectivity index (χ3n) is 0.585. The summed E-state index contributed by atoms with van der Waals surface area (Å²) in [5.74, 6) is 0. The van der Waals surface area contributed by atoms with Crippen LogP contribution in [-0.4, -0.2) is 6.34 Å². The standard InChI is InChI=1S/C5H4N3/c1-2-4-7-8-5-6-3-1/h1-4H/b2-1?,3-1-,4-2-,6-3?,6-5?,7-4?,8-5?,8-7-. The van der Waals surface area contributed by atoms with Crippen molar-refractivity contribution in [1.29, 1.82) is 0 Å². The van der Waals surface area contributed by atoms with Crippen LogP contribution in [0, 0.1) is 0 Å². The van der Waals surface area contributed by atoms with E-state index in [-0.39, 0.29) is 0 Å². The third kappa shape index (κ3) is 1.47. The molecule has 1 radical (unpaired) electrons. The lowest BCUT2D eigenvalue weighted by molar-refractivity contribution is 1.28. The van der Waals surface area contributed by atoms with Gasteiger partial charge in [0.1, 0.15) is 0 Å². The second kappa shape index (κ2) is 2.85. The highest BCUT2D eigenvalue weighted by Gasteiger charge is 1.68. The number of hydrogen-bond donors (Lipinski definition) is 0. The van der Waals surface area contributed by atoms with Gasteiger partial charge in [0, 0.05) is 12.4 Å². The fourth-order valence-corrected chi connectivity index (χ4v) is 0.299. The van der Waals surface area contributed by atoms with Crippen LogP contribution in [0.4, 0.5) is 0 Å². The van der Waals surface area contributed by atoms with Gasteiger partial charge < -0.3 is 0 Å². The number of rotatable bonds is 0. The first-order chi connectivity index (χ1) is 4.00. The lowest BCUT2D eigenvalue weighted by Gasteiger charge is -1.75. The zero-order valence-corrected chi connectivity index (χ0v) is 4.15. The Kier molecular flexibility index (Phi) is 1.74. The second-order valence-corrected chi connectivity index (χ2v) is 1.13. The molecule has 0 saturated heterocycles. The molecule has 0 amide bonds. The van der Waals surface area contributed by atoms with Crippen molar-refractivity contribution >= 4 is 6.34 Å². The molecule has 0 saturated carbocycles. The van der Waals surface area contributed by atoms with Gasteiger partial charge in [-0.15, -0.1) is 5.11 Å². The fraction of sp³-hybridized carbons (Fsp3) is 0. The Morgan fingerprint density at radius 3 is 3.00 bits per heavy atom. The summed E-state index contributed by atoms with van der Waals surface area (Å²) in [4.78, 5) is 3.59. The fourth-order valence-electron chi connectivity index (χ4n) is 0.299. The first-order valence-corrected chi connectivity index (χ1v) is 2.16. The van der Waals surface area contributed by atoms with Crippen LogP contribution in [0.15, 0.2) is 39.8 Å². The molecule has 0 aromatic heterocycles. The van der Waals surface area contributed by atoms with E-state index >= 15 is 0 Å². The van der Waals surface area contributed by atoms with Crippen LogP contribution in [-0.2, 0) is 0 Å². The van der Waals surface area contributed by atoms with Crippen molar-refractivity contribution in [3.8, 4) is 0 Å². The zero-order chi connectivity index (χ0) is 5.66. The molecule has 39 valence electrons. The highest BCUT2D eigenvalue weighted by Crippen LogP contribution is 1.84. The molecule has 0 bridgehead atoms. The number of azo groups is 1. The normalized spacial score (nSPS) is 32.0. The van der Waals surface area contributed by atoms with Crippen LogP contribution in [0.1, 0.15) is 0 Å². The molecule has 0 unspecified atom stereocenters. The van der Waals surface area contributed by atoms with Gasteiger partial charge in [0.05, 0.1) is 0 Å². The lowest BCUT2D eigenvalue weighted by atomic mass is 10.6. The molecule has 0 N–H and O–H groups in total. The van der Waals surface area contributed by atoms with Crippen molar-refractivity contribution in [1.82, 2.24) is 0 Å². The largest absolute Gasteiger partial charge is 0.232 e. The van der Waals surface area contributed by atoms with E-state index in [0.717, 1.165) is 0 Å². The van der Waals surface area contributed by atoms with E-state index in [1.54, 1.807) is 24.6 Å². The minimum atomic E-state index is 1.57. The predicted octanol–water partition coefficient (Wildman–Crippen LogP) is 1.38. The van der Waals surface area contributed by atoms with Crippen LogP contribution >= 0.6 is 0 Å². The summed E-state index contributed by atoms with van der Waals surface area (Å²) in [6, 6.07) is 0. The SMILES string of the molecule is [C]1=N\C=C/C=C\N=N/1. The highest BCUT2D eigenvalue weighted by atomic mass is 15.1. The van der Waals surface area contributed by atoms with E-state index < -0.39 is 0 Å².